The molecule has 2 aromatic heterocycles. The summed E-state index contributed by atoms with van der Waals surface area (Å²) in [5.74, 6) is 1.43. The number of likely N-dealkylation sites (tertiary alicyclic amines) is 1. The van der Waals surface area contributed by atoms with Crippen molar-refractivity contribution in [2.24, 2.45) is 0 Å². The van der Waals surface area contributed by atoms with Gasteiger partial charge in [-0.15, -0.1) is 0 Å². The molecule has 1 atom stereocenters. The molecule has 0 radical (unpaired) electrons. The lowest BCUT2D eigenvalue weighted by atomic mass is 9.98. The zero-order valence-corrected chi connectivity index (χ0v) is 11.4. The Labute approximate surface area is 116 Å². The Morgan fingerprint density at radius 2 is 2.35 bits per heavy atom. The number of carbonyl (C=O) groups excluding carboxylic acids is 1. The van der Waals surface area contributed by atoms with E-state index in [-0.39, 0.29) is 11.9 Å². The lowest BCUT2D eigenvalue weighted by Crippen LogP contribution is -2.45. The fourth-order valence-electron chi connectivity index (χ4n) is 2.36. The SMILES string of the molecule is CNc1cc(C2CCN2C(=O)c2ccn[nH]2)nc(C)n1. The van der Waals surface area contributed by atoms with E-state index >= 15 is 0 Å². The van der Waals surface area contributed by atoms with Crippen LogP contribution in [0.5, 0.6) is 0 Å². The summed E-state index contributed by atoms with van der Waals surface area (Å²) >= 11 is 0. The monoisotopic (exact) mass is 272 g/mol. The second kappa shape index (κ2) is 4.92. The molecular weight excluding hydrogens is 256 g/mol. The first-order chi connectivity index (χ1) is 9.69. The van der Waals surface area contributed by atoms with Crippen LogP contribution in [-0.2, 0) is 0 Å². The molecule has 20 heavy (non-hydrogen) atoms. The normalized spacial score (nSPS) is 17.7. The van der Waals surface area contributed by atoms with Gasteiger partial charge in [0.15, 0.2) is 0 Å². The van der Waals surface area contributed by atoms with Crippen LogP contribution < -0.4 is 5.32 Å². The molecule has 1 saturated heterocycles. The van der Waals surface area contributed by atoms with Crippen molar-refractivity contribution >= 4 is 11.7 Å². The summed E-state index contributed by atoms with van der Waals surface area (Å²) in [7, 11) is 1.82. The molecular formula is C13H16N6O. The minimum absolute atomic E-state index is 0.0135. The first-order valence-corrected chi connectivity index (χ1v) is 6.52. The molecule has 0 saturated carbocycles. The number of hydrogen-bond acceptors (Lipinski definition) is 5. The van der Waals surface area contributed by atoms with Crippen molar-refractivity contribution in [3.05, 3.63) is 35.5 Å². The number of aryl methyl sites for hydroxylation is 1. The Kier molecular flexibility index (Phi) is 3.09. The maximum atomic E-state index is 12.3. The van der Waals surface area contributed by atoms with Crippen molar-refractivity contribution in [3.63, 3.8) is 0 Å². The summed E-state index contributed by atoms with van der Waals surface area (Å²) in [5, 5.41) is 9.53. The van der Waals surface area contributed by atoms with Crippen molar-refractivity contribution in [1.29, 1.82) is 0 Å². The van der Waals surface area contributed by atoms with E-state index in [1.54, 1.807) is 17.2 Å². The lowest BCUT2D eigenvalue weighted by molar-refractivity contribution is 0.0444. The quantitative estimate of drug-likeness (QED) is 0.875. The highest BCUT2D eigenvalue weighted by Crippen LogP contribution is 2.33. The third kappa shape index (κ3) is 2.11. The smallest absolute Gasteiger partial charge is 0.272 e. The highest BCUT2D eigenvalue weighted by Gasteiger charge is 2.35. The second-order valence-corrected chi connectivity index (χ2v) is 4.75. The average Bonchev–Trinajstić information content (AvgIpc) is 2.90. The van der Waals surface area contributed by atoms with E-state index in [2.05, 4.69) is 25.5 Å². The molecule has 1 amide bonds. The van der Waals surface area contributed by atoms with Crippen molar-refractivity contribution < 1.29 is 4.79 Å². The number of anilines is 1. The predicted molar refractivity (Wildman–Crippen MR) is 73.3 cm³/mol. The molecule has 7 heteroatoms. The van der Waals surface area contributed by atoms with E-state index < -0.39 is 0 Å². The number of amides is 1. The van der Waals surface area contributed by atoms with Gasteiger partial charge in [0.1, 0.15) is 17.3 Å². The molecule has 3 heterocycles. The number of carbonyl (C=O) groups is 1. The zero-order valence-electron chi connectivity index (χ0n) is 11.4. The van der Waals surface area contributed by atoms with Gasteiger partial charge in [0.2, 0.25) is 0 Å². The van der Waals surface area contributed by atoms with E-state index in [1.165, 1.54) is 0 Å². The number of nitrogens with zero attached hydrogens (tertiary/aromatic N) is 4. The van der Waals surface area contributed by atoms with E-state index in [4.69, 9.17) is 0 Å². The molecule has 0 spiro atoms. The summed E-state index contributed by atoms with van der Waals surface area (Å²) in [6, 6.07) is 3.59. The third-order valence-electron chi connectivity index (χ3n) is 3.47. The summed E-state index contributed by atoms with van der Waals surface area (Å²) in [6.45, 7) is 2.59. The summed E-state index contributed by atoms with van der Waals surface area (Å²) in [6.07, 6.45) is 2.50. The molecule has 2 N–H and O–H groups in total. The molecule has 0 bridgehead atoms. The van der Waals surface area contributed by atoms with Crippen LogP contribution in [0.15, 0.2) is 18.3 Å². The molecule has 1 aliphatic rings. The van der Waals surface area contributed by atoms with Gasteiger partial charge in [0.25, 0.3) is 5.91 Å². The number of aromatic nitrogens is 4. The minimum Gasteiger partial charge on any atom is -0.373 e. The zero-order chi connectivity index (χ0) is 14.1. The molecule has 1 fully saturated rings. The Bertz CT molecular complexity index is 624. The van der Waals surface area contributed by atoms with Gasteiger partial charge in [-0.25, -0.2) is 9.97 Å². The molecule has 3 rings (SSSR count). The largest absolute Gasteiger partial charge is 0.373 e. The molecule has 7 nitrogen and oxygen atoms in total. The van der Waals surface area contributed by atoms with Gasteiger partial charge in [-0.05, 0) is 19.4 Å². The van der Waals surface area contributed by atoms with E-state index in [0.717, 1.165) is 24.5 Å². The standard InChI is InChI=1S/C13H16N6O/c1-8-16-10(7-12(14-2)17-8)11-4-6-19(11)13(20)9-3-5-15-18-9/h3,5,7,11H,4,6H2,1-2H3,(H,15,18)(H,14,16,17). The van der Waals surface area contributed by atoms with Gasteiger partial charge in [0, 0.05) is 25.9 Å². The minimum atomic E-state index is -0.0407. The number of rotatable bonds is 3. The van der Waals surface area contributed by atoms with Crippen molar-refractivity contribution in [2.45, 2.75) is 19.4 Å². The van der Waals surface area contributed by atoms with Crippen LogP contribution in [-0.4, -0.2) is 44.6 Å². The van der Waals surface area contributed by atoms with Crippen LogP contribution in [0.3, 0.4) is 0 Å². The number of aromatic amines is 1. The maximum Gasteiger partial charge on any atom is 0.272 e. The molecule has 0 aromatic carbocycles. The van der Waals surface area contributed by atoms with Crippen LogP contribution >= 0.6 is 0 Å². The van der Waals surface area contributed by atoms with Crippen LogP contribution in [0.1, 0.15) is 34.5 Å². The Balaban J connectivity index is 1.84. The Morgan fingerprint density at radius 3 is 2.95 bits per heavy atom. The third-order valence-corrected chi connectivity index (χ3v) is 3.47. The fraction of sp³-hybridized carbons (Fsp3) is 0.385. The topological polar surface area (TPSA) is 86.8 Å². The second-order valence-electron chi connectivity index (χ2n) is 4.75. The predicted octanol–water partition coefficient (Wildman–Crippen LogP) is 1.14. The van der Waals surface area contributed by atoms with Crippen molar-refractivity contribution in [3.8, 4) is 0 Å². The molecule has 0 aliphatic carbocycles. The van der Waals surface area contributed by atoms with E-state index in [9.17, 15) is 4.79 Å². The molecule has 1 unspecified atom stereocenters. The highest BCUT2D eigenvalue weighted by atomic mass is 16.2. The van der Waals surface area contributed by atoms with Crippen LogP contribution in [0, 0.1) is 6.92 Å². The average molecular weight is 272 g/mol. The molecule has 2 aromatic rings. The molecule has 1 aliphatic heterocycles. The van der Waals surface area contributed by atoms with Crippen LogP contribution in [0.25, 0.3) is 0 Å². The first kappa shape index (κ1) is 12.6. The van der Waals surface area contributed by atoms with Crippen molar-refractivity contribution in [2.75, 3.05) is 18.9 Å². The first-order valence-electron chi connectivity index (χ1n) is 6.52. The summed E-state index contributed by atoms with van der Waals surface area (Å²) in [4.78, 5) is 22.8. The van der Waals surface area contributed by atoms with Crippen LogP contribution in [0.2, 0.25) is 0 Å². The summed E-state index contributed by atoms with van der Waals surface area (Å²) < 4.78 is 0. The van der Waals surface area contributed by atoms with Gasteiger partial charge < -0.3 is 10.2 Å². The molecule has 104 valence electrons. The number of nitrogens with one attached hydrogen (secondary N) is 2. The highest BCUT2D eigenvalue weighted by molar-refractivity contribution is 5.93. The van der Waals surface area contributed by atoms with Gasteiger partial charge >= 0.3 is 0 Å². The number of H-pyrrole nitrogens is 1. The van der Waals surface area contributed by atoms with Gasteiger partial charge in [-0.2, -0.15) is 5.10 Å². The maximum absolute atomic E-state index is 12.3. The van der Waals surface area contributed by atoms with E-state index in [0.29, 0.717) is 11.5 Å². The Morgan fingerprint density at radius 1 is 1.50 bits per heavy atom. The summed E-state index contributed by atoms with van der Waals surface area (Å²) in [5.41, 5.74) is 1.38. The fourth-order valence-corrected chi connectivity index (χ4v) is 2.36. The van der Waals surface area contributed by atoms with Crippen LogP contribution in [0.4, 0.5) is 5.82 Å². The Hall–Kier alpha value is -2.44. The van der Waals surface area contributed by atoms with Gasteiger partial charge in [0.05, 0.1) is 11.7 Å². The van der Waals surface area contributed by atoms with Crippen molar-refractivity contribution in [1.82, 2.24) is 25.1 Å². The van der Waals surface area contributed by atoms with Gasteiger partial charge in [-0.1, -0.05) is 0 Å². The lowest BCUT2D eigenvalue weighted by Gasteiger charge is -2.40. The number of hydrogen-bond donors (Lipinski definition) is 2. The van der Waals surface area contributed by atoms with Gasteiger partial charge in [-0.3, -0.25) is 9.89 Å². The van der Waals surface area contributed by atoms with E-state index in [1.807, 2.05) is 20.0 Å².